The second kappa shape index (κ2) is 8.96. The van der Waals surface area contributed by atoms with Gasteiger partial charge in [-0.1, -0.05) is 16.8 Å². The first kappa shape index (κ1) is 23.6. The lowest BCUT2D eigenvalue weighted by atomic mass is 9.74. The molecule has 9 nitrogen and oxygen atoms in total. The van der Waals surface area contributed by atoms with Crippen molar-refractivity contribution in [1.82, 2.24) is 25.3 Å². The molecule has 3 aliphatic rings. The molecule has 3 heterocycles. The van der Waals surface area contributed by atoms with Crippen LogP contribution in [0.15, 0.2) is 36.7 Å². The van der Waals surface area contributed by atoms with Crippen molar-refractivity contribution in [2.75, 3.05) is 11.4 Å². The van der Waals surface area contributed by atoms with Crippen molar-refractivity contribution < 1.29 is 9.59 Å². The average Bonchev–Trinajstić information content (AvgIpc) is 3.32. The third kappa shape index (κ3) is 4.25. The number of hydrogen-bond donors (Lipinski definition) is 1. The number of nitrogens with zero attached hydrogens (tertiary/aromatic N) is 6. The van der Waals surface area contributed by atoms with E-state index in [-0.39, 0.29) is 41.4 Å². The largest absolute Gasteiger partial charge is 0.348 e. The summed E-state index contributed by atoms with van der Waals surface area (Å²) in [5, 5.41) is 21.3. The highest BCUT2D eigenvalue weighted by molar-refractivity contribution is 6.30. The highest BCUT2D eigenvalue weighted by atomic mass is 35.5. The van der Waals surface area contributed by atoms with Crippen LogP contribution in [-0.2, 0) is 4.79 Å². The molecule has 0 spiro atoms. The van der Waals surface area contributed by atoms with Gasteiger partial charge in [0.15, 0.2) is 5.69 Å². The summed E-state index contributed by atoms with van der Waals surface area (Å²) in [5.41, 5.74) is 4.35. The monoisotopic (exact) mass is 515 g/mol. The Balaban J connectivity index is 1.10. The van der Waals surface area contributed by atoms with Gasteiger partial charge in [-0.2, -0.15) is 5.26 Å². The van der Waals surface area contributed by atoms with E-state index in [0.717, 1.165) is 48.3 Å². The molecule has 1 saturated heterocycles. The number of piperidine rings is 1. The van der Waals surface area contributed by atoms with Gasteiger partial charge in [-0.3, -0.25) is 14.6 Å². The van der Waals surface area contributed by atoms with Crippen LogP contribution in [-0.4, -0.2) is 44.4 Å². The fraction of sp³-hybridized carbons (Fsp3) is 0.407. The number of rotatable bonds is 6. The normalized spacial score (nSPS) is 24.7. The molecule has 1 aromatic carbocycles. The molecule has 3 fully saturated rings. The lowest BCUT2D eigenvalue weighted by Gasteiger charge is -2.36. The van der Waals surface area contributed by atoms with Gasteiger partial charge in [0.25, 0.3) is 5.91 Å². The van der Waals surface area contributed by atoms with Crippen molar-refractivity contribution in [3.8, 4) is 6.07 Å². The molecule has 0 unspecified atom stereocenters. The number of benzene rings is 1. The van der Waals surface area contributed by atoms with Gasteiger partial charge in [0.2, 0.25) is 5.91 Å². The molecule has 2 amide bonds. The molecule has 1 N–H and O–H groups in total. The smallest absolute Gasteiger partial charge is 0.273 e. The van der Waals surface area contributed by atoms with Crippen LogP contribution in [0.25, 0.3) is 0 Å². The maximum atomic E-state index is 12.8. The number of carbonyl (C=O) groups is 2. The predicted molar refractivity (Wildman–Crippen MR) is 136 cm³/mol. The summed E-state index contributed by atoms with van der Waals surface area (Å²) >= 11 is 6.12. The zero-order valence-electron chi connectivity index (χ0n) is 20.6. The van der Waals surface area contributed by atoms with Gasteiger partial charge in [-0.05, 0) is 80.3 Å². The van der Waals surface area contributed by atoms with Gasteiger partial charge in [0.05, 0.1) is 35.3 Å². The second-order valence-corrected chi connectivity index (χ2v) is 10.8. The zero-order valence-corrected chi connectivity index (χ0v) is 21.3. The molecule has 3 atom stereocenters. The Morgan fingerprint density at radius 3 is 2.81 bits per heavy atom. The molecular formula is C27H26ClN7O2. The summed E-state index contributed by atoms with van der Waals surface area (Å²) in [7, 11) is 0. The van der Waals surface area contributed by atoms with Gasteiger partial charge in [0.1, 0.15) is 0 Å². The number of amides is 2. The summed E-state index contributed by atoms with van der Waals surface area (Å²) in [6, 6.07) is 9.29. The quantitative estimate of drug-likeness (QED) is 0.534. The summed E-state index contributed by atoms with van der Waals surface area (Å²) in [4.78, 5) is 31.8. The van der Waals surface area contributed by atoms with Crippen molar-refractivity contribution in [3.63, 3.8) is 0 Å². The Bertz CT molecular complexity index is 1460. The van der Waals surface area contributed by atoms with Crippen LogP contribution in [0.4, 0.5) is 5.69 Å². The number of nitrogens with one attached hydrogen (secondary N) is 1. The van der Waals surface area contributed by atoms with Gasteiger partial charge in [-0.25, -0.2) is 4.68 Å². The molecule has 188 valence electrons. The first-order valence-corrected chi connectivity index (χ1v) is 12.9. The van der Waals surface area contributed by atoms with E-state index in [9.17, 15) is 14.9 Å². The summed E-state index contributed by atoms with van der Waals surface area (Å²) < 4.78 is 1.64. The number of pyridine rings is 1. The lowest BCUT2D eigenvalue weighted by Crippen LogP contribution is -2.43. The molecule has 2 aliphatic carbocycles. The van der Waals surface area contributed by atoms with E-state index in [2.05, 4.69) is 26.7 Å². The van der Waals surface area contributed by atoms with E-state index < -0.39 is 0 Å². The maximum absolute atomic E-state index is 12.8. The third-order valence-electron chi connectivity index (χ3n) is 7.96. The van der Waals surface area contributed by atoms with E-state index in [1.165, 1.54) is 0 Å². The van der Waals surface area contributed by atoms with Crippen LogP contribution >= 0.6 is 11.6 Å². The minimum atomic E-state index is -0.280. The first-order valence-electron chi connectivity index (χ1n) is 12.5. The number of aryl methyl sites for hydroxylation is 1. The van der Waals surface area contributed by atoms with Crippen molar-refractivity contribution in [1.29, 1.82) is 5.26 Å². The van der Waals surface area contributed by atoms with E-state index in [4.69, 9.17) is 11.6 Å². The Kier molecular flexibility index (Phi) is 5.72. The Labute approximate surface area is 219 Å². The predicted octanol–water partition coefficient (Wildman–Crippen LogP) is 3.77. The fourth-order valence-electron chi connectivity index (χ4n) is 5.48. The standard InChI is InChI=1S/C27H26ClN7O2/c1-14-25(34-12-19-7-23(19)27(34)37)8-18(11-30-14)15(2)35-13-24(32-33-35)26(36)31-21-5-17(6-21)22-9-20(28)4-3-16(22)10-29/h3-4,8-9,11,13,15,17,19,21,23H,5-7,12H2,1-2H3,(H,31,36)/t15-,17?,19+,21?,23+/m0/s1. The van der Waals surface area contributed by atoms with Gasteiger partial charge >= 0.3 is 0 Å². The molecule has 2 saturated carbocycles. The molecule has 1 aliphatic heterocycles. The topological polar surface area (TPSA) is 117 Å². The minimum absolute atomic E-state index is 0.00124. The summed E-state index contributed by atoms with van der Waals surface area (Å²) in [6.45, 7) is 4.64. The van der Waals surface area contributed by atoms with Crippen LogP contribution in [0.3, 0.4) is 0 Å². The molecular weight excluding hydrogens is 490 g/mol. The van der Waals surface area contributed by atoms with Crippen LogP contribution in [0.5, 0.6) is 0 Å². The number of halogens is 1. The average molecular weight is 516 g/mol. The third-order valence-corrected chi connectivity index (χ3v) is 8.20. The van der Waals surface area contributed by atoms with Crippen molar-refractivity contribution in [2.45, 2.75) is 51.1 Å². The minimum Gasteiger partial charge on any atom is -0.348 e. The number of nitriles is 1. The van der Waals surface area contributed by atoms with E-state index in [1.54, 1.807) is 29.2 Å². The first-order chi connectivity index (χ1) is 17.8. The van der Waals surface area contributed by atoms with Gasteiger partial charge in [0, 0.05) is 29.7 Å². The van der Waals surface area contributed by atoms with Crippen LogP contribution in [0.2, 0.25) is 5.02 Å². The number of fused-ring (bicyclic) bond motifs is 1. The lowest BCUT2D eigenvalue weighted by molar-refractivity contribution is -0.118. The second-order valence-electron chi connectivity index (χ2n) is 10.4. The van der Waals surface area contributed by atoms with Crippen molar-refractivity contribution >= 4 is 29.1 Å². The highest BCUT2D eigenvalue weighted by Gasteiger charge is 2.52. The van der Waals surface area contributed by atoms with Gasteiger partial charge < -0.3 is 10.2 Å². The molecule has 3 aromatic rings. The molecule has 0 bridgehead atoms. The Morgan fingerprint density at radius 2 is 2.08 bits per heavy atom. The highest BCUT2D eigenvalue weighted by Crippen LogP contribution is 2.48. The van der Waals surface area contributed by atoms with Crippen LogP contribution in [0, 0.1) is 30.1 Å². The maximum Gasteiger partial charge on any atom is 0.273 e. The van der Waals surface area contributed by atoms with Crippen molar-refractivity contribution in [2.24, 2.45) is 11.8 Å². The zero-order chi connectivity index (χ0) is 25.8. The molecule has 10 heteroatoms. The number of aromatic nitrogens is 4. The number of hydrogen-bond acceptors (Lipinski definition) is 6. The molecule has 37 heavy (non-hydrogen) atoms. The molecule has 6 rings (SSSR count). The van der Waals surface area contributed by atoms with Crippen LogP contribution < -0.4 is 10.2 Å². The SMILES string of the molecule is Cc1ncc([C@H](C)n2cc(C(=O)NC3CC(c4cc(Cl)ccc4C#N)C3)nn2)cc1N1C[C@H]2C[C@H]2C1=O. The van der Waals surface area contributed by atoms with E-state index in [1.807, 2.05) is 30.9 Å². The van der Waals surface area contributed by atoms with Crippen molar-refractivity contribution in [3.05, 3.63) is 69.8 Å². The van der Waals surface area contributed by atoms with E-state index >= 15 is 0 Å². The molecule has 0 radical (unpaired) electrons. The Morgan fingerprint density at radius 1 is 1.27 bits per heavy atom. The number of anilines is 1. The molecule has 2 aromatic heterocycles. The van der Waals surface area contributed by atoms with Gasteiger partial charge in [-0.15, -0.1) is 5.10 Å². The summed E-state index contributed by atoms with van der Waals surface area (Å²) in [6.07, 6.45) is 5.90. The Hall–Kier alpha value is -3.77. The summed E-state index contributed by atoms with van der Waals surface area (Å²) in [5.74, 6) is 0.761. The van der Waals surface area contributed by atoms with E-state index in [0.29, 0.717) is 16.5 Å². The number of carbonyl (C=O) groups excluding carboxylic acids is 2. The fourth-order valence-corrected chi connectivity index (χ4v) is 5.66. The van der Waals surface area contributed by atoms with Crippen LogP contribution in [0.1, 0.15) is 71.0 Å².